The van der Waals surface area contributed by atoms with E-state index in [1.165, 1.54) is 15.5 Å². The van der Waals surface area contributed by atoms with Crippen LogP contribution in [0.4, 0.5) is 0 Å². The fraction of sp³-hybridized carbons (Fsp3) is 0. The van der Waals surface area contributed by atoms with Gasteiger partial charge in [-0.1, -0.05) is 36.7 Å². The first-order chi connectivity index (χ1) is 4.24. The van der Waals surface area contributed by atoms with Gasteiger partial charge >= 0.3 is 40.8 Å². The summed E-state index contributed by atoms with van der Waals surface area (Å²) >= 11 is 11.1. The van der Waals surface area contributed by atoms with Crippen LogP contribution in [0.15, 0.2) is 0 Å². The number of thiocarbonyl (C=S) groups is 3. The minimum Gasteiger partial charge on any atom is -0.753 e. The van der Waals surface area contributed by atoms with Crippen molar-refractivity contribution in [3.8, 4) is 0 Å². The maximum absolute atomic E-state index is 7.13. The normalized spacial score (nSPS) is 2.40. The third-order valence-electron chi connectivity index (χ3n) is 0. The molecular formula is C3N3NdS3. The van der Waals surface area contributed by atoms with Crippen LogP contribution in [0.3, 0.4) is 0 Å². The molecule has 0 amide bonds. The monoisotopic (exact) mass is 316 g/mol. The first-order valence-electron chi connectivity index (χ1n) is 1.28. The predicted octanol–water partition coefficient (Wildman–Crippen LogP) is 1.98. The molecule has 0 aromatic heterocycles. The average molecular weight is 318 g/mol. The van der Waals surface area contributed by atoms with Crippen LogP contribution >= 0.6 is 36.7 Å². The number of hydrogen-bond donors (Lipinski definition) is 0. The third kappa shape index (κ3) is 933. The van der Waals surface area contributed by atoms with Crippen LogP contribution in [0.1, 0.15) is 0 Å². The molecule has 0 spiro atoms. The zero-order valence-corrected chi connectivity index (χ0v) is 10.2. The average Bonchev–Trinajstić information content (AvgIpc) is 1.70. The Morgan fingerprint density at radius 1 is 0.700 bits per heavy atom. The van der Waals surface area contributed by atoms with E-state index < -0.39 is 0 Å². The van der Waals surface area contributed by atoms with E-state index in [1.807, 2.05) is 0 Å². The molecule has 0 aliphatic carbocycles. The van der Waals surface area contributed by atoms with Crippen LogP contribution in [0.5, 0.6) is 0 Å². The van der Waals surface area contributed by atoms with Gasteiger partial charge in [0.05, 0.1) is 0 Å². The summed E-state index contributed by atoms with van der Waals surface area (Å²) in [6, 6.07) is 0. The van der Waals surface area contributed by atoms with Gasteiger partial charge in [-0.05, 0) is 0 Å². The number of hydrogen-bond acceptors (Lipinski definition) is 3. The topological polar surface area (TPSA) is 66.9 Å². The van der Waals surface area contributed by atoms with Gasteiger partial charge in [0.2, 0.25) is 0 Å². The standard InChI is InChI=1S/3CNS.Nd/c3*2-1-3;/q3*-1;+3. The summed E-state index contributed by atoms with van der Waals surface area (Å²) in [5.74, 6) is 0. The number of rotatable bonds is 0. The van der Waals surface area contributed by atoms with Gasteiger partial charge in [0, 0.05) is 0 Å². The van der Waals surface area contributed by atoms with Crippen molar-refractivity contribution < 1.29 is 40.8 Å². The van der Waals surface area contributed by atoms with Gasteiger partial charge in [-0.3, -0.25) is 0 Å². The SMILES string of the molecule is [N-]=C=S.[N-]=C=S.[N-]=C=S.[Nd+3]. The summed E-state index contributed by atoms with van der Waals surface area (Å²) < 4.78 is 0. The zero-order valence-electron chi connectivity index (χ0n) is 4.57. The minimum atomic E-state index is 0. The zero-order chi connectivity index (χ0) is 8.12. The Morgan fingerprint density at radius 3 is 0.700 bits per heavy atom. The maximum Gasteiger partial charge on any atom is 3.00 e. The second-order valence-electron chi connectivity index (χ2n) is 0.274. The van der Waals surface area contributed by atoms with E-state index >= 15 is 0 Å². The summed E-state index contributed by atoms with van der Waals surface area (Å²) in [7, 11) is 0. The van der Waals surface area contributed by atoms with Crippen molar-refractivity contribution in [3.63, 3.8) is 0 Å². The molecule has 3 nitrogen and oxygen atoms in total. The Hall–Kier alpha value is 0.751. The molecule has 0 aliphatic rings. The molecule has 0 rings (SSSR count). The van der Waals surface area contributed by atoms with E-state index in [4.69, 9.17) is 16.2 Å². The molecule has 0 bridgehead atoms. The van der Waals surface area contributed by atoms with Crippen LogP contribution in [0.2, 0.25) is 0 Å². The van der Waals surface area contributed by atoms with Gasteiger partial charge in [-0.25, -0.2) is 0 Å². The van der Waals surface area contributed by atoms with Crippen molar-refractivity contribution in [1.82, 2.24) is 0 Å². The van der Waals surface area contributed by atoms with Crippen LogP contribution in [0.25, 0.3) is 16.2 Å². The molecule has 1 radical (unpaired) electrons. The smallest absolute Gasteiger partial charge is 0.753 e. The molecule has 0 heterocycles. The van der Waals surface area contributed by atoms with Gasteiger partial charge in [0.1, 0.15) is 0 Å². The van der Waals surface area contributed by atoms with Gasteiger partial charge in [-0.15, -0.1) is 0 Å². The van der Waals surface area contributed by atoms with Crippen molar-refractivity contribution in [2.75, 3.05) is 0 Å². The Balaban J connectivity index is -0.0000000257. The molecule has 0 atom stereocenters. The van der Waals surface area contributed by atoms with Crippen molar-refractivity contribution in [1.29, 1.82) is 0 Å². The summed E-state index contributed by atoms with van der Waals surface area (Å²) in [5, 5.41) is 25.4. The largest absolute Gasteiger partial charge is 3.00 e. The summed E-state index contributed by atoms with van der Waals surface area (Å²) in [5.41, 5.74) is 0. The second kappa shape index (κ2) is 53.1. The third-order valence-corrected chi connectivity index (χ3v) is 0. The quantitative estimate of drug-likeness (QED) is 0.506. The predicted molar refractivity (Wildman–Crippen MR) is 47.9 cm³/mol. The van der Waals surface area contributed by atoms with E-state index in [2.05, 4.69) is 36.7 Å². The van der Waals surface area contributed by atoms with Gasteiger partial charge in [0.25, 0.3) is 0 Å². The molecule has 0 unspecified atom stereocenters. The van der Waals surface area contributed by atoms with Crippen molar-refractivity contribution >= 4 is 52.1 Å². The second-order valence-corrected chi connectivity index (χ2v) is 0.822. The van der Waals surface area contributed by atoms with E-state index in [0.717, 1.165) is 0 Å². The first-order valence-corrected chi connectivity index (χ1v) is 2.51. The van der Waals surface area contributed by atoms with E-state index in [9.17, 15) is 0 Å². The fourth-order valence-corrected chi connectivity index (χ4v) is 0. The Labute approximate surface area is 108 Å². The Bertz CT molecular complexity index is 111. The molecule has 0 fully saturated rings. The first kappa shape index (κ1) is 22.4. The molecule has 49 valence electrons. The van der Waals surface area contributed by atoms with Crippen LogP contribution in [-0.2, 0) is 0 Å². The molecular weight excluding hydrogens is 318 g/mol. The Kier molecular flexibility index (Phi) is 119. The number of nitrogens with zero attached hydrogens (tertiary/aromatic N) is 3. The summed E-state index contributed by atoms with van der Waals surface area (Å²) in [6.45, 7) is 0. The van der Waals surface area contributed by atoms with Gasteiger partial charge < -0.3 is 16.2 Å². The fourth-order valence-electron chi connectivity index (χ4n) is 0. The van der Waals surface area contributed by atoms with Crippen LogP contribution in [-0.4, -0.2) is 15.5 Å². The van der Waals surface area contributed by atoms with Gasteiger partial charge in [-0.2, -0.15) is 15.5 Å². The molecule has 0 aromatic carbocycles. The number of isothiocyanates is 3. The van der Waals surface area contributed by atoms with Crippen molar-refractivity contribution in [2.45, 2.75) is 0 Å². The van der Waals surface area contributed by atoms with Crippen molar-refractivity contribution in [3.05, 3.63) is 16.2 Å². The van der Waals surface area contributed by atoms with E-state index in [-0.39, 0.29) is 40.8 Å². The van der Waals surface area contributed by atoms with Crippen LogP contribution < -0.4 is 0 Å². The molecule has 10 heavy (non-hydrogen) atoms. The van der Waals surface area contributed by atoms with E-state index in [0.29, 0.717) is 0 Å². The van der Waals surface area contributed by atoms with E-state index in [1.54, 1.807) is 0 Å². The Morgan fingerprint density at radius 2 is 0.700 bits per heavy atom. The van der Waals surface area contributed by atoms with Crippen molar-refractivity contribution in [2.24, 2.45) is 0 Å². The molecule has 0 aromatic rings. The molecule has 0 N–H and O–H groups in total. The maximum atomic E-state index is 7.13. The molecule has 0 saturated heterocycles. The van der Waals surface area contributed by atoms with Gasteiger partial charge in [0.15, 0.2) is 0 Å². The molecule has 0 saturated carbocycles. The summed E-state index contributed by atoms with van der Waals surface area (Å²) in [4.78, 5) is 0. The minimum absolute atomic E-state index is 0. The molecule has 7 heteroatoms. The van der Waals surface area contributed by atoms with Crippen LogP contribution in [0, 0.1) is 40.8 Å². The molecule has 0 aliphatic heterocycles. The summed E-state index contributed by atoms with van der Waals surface area (Å²) in [6.07, 6.45) is 0.